The Morgan fingerprint density at radius 2 is 2.18 bits per heavy atom. The minimum atomic E-state index is -0.125. The second kappa shape index (κ2) is 8.01. The molecule has 7 nitrogen and oxygen atoms in total. The van der Waals surface area contributed by atoms with Crippen molar-refractivity contribution in [2.75, 3.05) is 26.1 Å². The average molecular weight is 405 g/mol. The van der Waals surface area contributed by atoms with E-state index in [1.54, 1.807) is 26.6 Å². The van der Waals surface area contributed by atoms with Crippen molar-refractivity contribution in [2.45, 2.75) is 43.2 Å². The standard InChI is InChI=1S/C20H25ClN4O3/c1-27-15-10-22-8-6-11(15)17-18(16-13(24-17)7-9-23-20(16)26)25-14-5-3-4-12(21)19(14)28-2/h6,8,10,12,14,19,24-25H,3-5,7,9H2,1-2H3,(H,23,26). The monoisotopic (exact) mass is 404 g/mol. The summed E-state index contributed by atoms with van der Waals surface area (Å²) in [6.07, 6.45) is 6.88. The van der Waals surface area contributed by atoms with Gasteiger partial charge in [0, 0.05) is 37.5 Å². The van der Waals surface area contributed by atoms with Crippen LogP contribution in [0.5, 0.6) is 5.75 Å². The minimum Gasteiger partial charge on any atom is -0.494 e. The first-order chi connectivity index (χ1) is 13.6. The van der Waals surface area contributed by atoms with Gasteiger partial charge in [0.2, 0.25) is 0 Å². The number of hydrogen-bond acceptors (Lipinski definition) is 5. The summed E-state index contributed by atoms with van der Waals surface area (Å²) in [7, 11) is 3.30. The molecule has 3 unspecified atom stereocenters. The molecule has 0 spiro atoms. The normalized spacial score (nSPS) is 24.4. The number of fused-ring (bicyclic) bond motifs is 1. The van der Waals surface area contributed by atoms with Gasteiger partial charge in [0.25, 0.3) is 5.91 Å². The second-order valence-corrected chi connectivity index (χ2v) is 7.77. The number of rotatable bonds is 5. The van der Waals surface area contributed by atoms with E-state index in [2.05, 4.69) is 20.6 Å². The third kappa shape index (κ3) is 3.33. The molecule has 1 aliphatic carbocycles. The fourth-order valence-corrected chi connectivity index (χ4v) is 4.67. The van der Waals surface area contributed by atoms with E-state index in [9.17, 15) is 4.79 Å². The molecule has 8 heteroatoms. The molecule has 1 fully saturated rings. The van der Waals surface area contributed by atoms with Crippen molar-refractivity contribution in [3.05, 3.63) is 29.7 Å². The number of anilines is 1. The van der Waals surface area contributed by atoms with E-state index in [-0.39, 0.29) is 23.4 Å². The highest BCUT2D eigenvalue weighted by atomic mass is 35.5. The lowest BCUT2D eigenvalue weighted by Gasteiger charge is -2.35. The van der Waals surface area contributed by atoms with Gasteiger partial charge >= 0.3 is 0 Å². The third-order valence-electron chi connectivity index (χ3n) is 5.59. The zero-order valence-electron chi connectivity index (χ0n) is 16.0. The van der Waals surface area contributed by atoms with E-state index in [4.69, 9.17) is 21.1 Å². The lowest BCUT2D eigenvalue weighted by atomic mass is 9.91. The number of nitrogens with one attached hydrogen (secondary N) is 3. The van der Waals surface area contributed by atoms with Gasteiger partial charge in [-0.2, -0.15) is 0 Å². The number of amides is 1. The van der Waals surface area contributed by atoms with E-state index < -0.39 is 0 Å². The maximum atomic E-state index is 12.7. The molecule has 0 bridgehead atoms. The van der Waals surface area contributed by atoms with E-state index in [1.807, 2.05) is 6.07 Å². The molecular weight excluding hydrogens is 380 g/mol. The van der Waals surface area contributed by atoms with Gasteiger partial charge in [-0.05, 0) is 25.3 Å². The van der Waals surface area contributed by atoms with Crippen LogP contribution in [0.25, 0.3) is 11.3 Å². The van der Waals surface area contributed by atoms with Gasteiger partial charge in [-0.1, -0.05) is 0 Å². The van der Waals surface area contributed by atoms with Crippen LogP contribution in [0.15, 0.2) is 18.5 Å². The Morgan fingerprint density at radius 1 is 1.32 bits per heavy atom. The van der Waals surface area contributed by atoms with Gasteiger partial charge in [0.15, 0.2) is 0 Å². The Hall–Kier alpha value is -2.25. The number of methoxy groups -OCH3 is 2. The number of ether oxygens (including phenoxy) is 2. The maximum Gasteiger partial charge on any atom is 0.255 e. The molecule has 0 saturated heterocycles. The number of alkyl halides is 1. The van der Waals surface area contributed by atoms with Crippen molar-refractivity contribution in [3.63, 3.8) is 0 Å². The maximum absolute atomic E-state index is 12.7. The van der Waals surface area contributed by atoms with Crippen LogP contribution in [-0.4, -0.2) is 54.2 Å². The molecule has 3 N–H and O–H groups in total. The van der Waals surface area contributed by atoms with Crippen LogP contribution in [0.2, 0.25) is 0 Å². The summed E-state index contributed by atoms with van der Waals surface area (Å²) in [5, 5.41) is 6.48. The SMILES string of the molecule is COc1cnccc1-c1[nH]c2c(c1NC1CCCC(Cl)C1OC)C(=O)NCC2. The number of aromatic amines is 1. The molecule has 2 aromatic heterocycles. The van der Waals surface area contributed by atoms with Gasteiger partial charge in [0.1, 0.15) is 5.75 Å². The van der Waals surface area contributed by atoms with Gasteiger partial charge in [0.05, 0.1) is 47.8 Å². The van der Waals surface area contributed by atoms with Gasteiger partial charge in [-0.15, -0.1) is 11.6 Å². The van der Waals surface area contributed by atoms with Crippen molar-refractivity contribution in [1.82, 2.24) is 15.3 Å². The molecule has 150 valence electrons. The lowest BCUT2D eigenvalue weighted by Crippen LogP contribution is -2.45. The molecular formula is C20H25ClN4O3. The number of aromatic nitrogens is 2. The number of pyridine rings is 1. The fraction of sp³-hybridized carbons (Fsp3) is 0.500. The van der Waals surface area contributed by atoms with Crippen LogP contribution >= 0.6 is 11.6 Å². The summed E-state index contributed by atoms with van der Waals surface area (Å²) in [6.45, 7) is 0.618. The Balaban J connectivity index is 1.81. The fourth-order valence-electron chi connectivity index (χ4n) is 4.24. The number of nitrogens with zero attached hydrogens (tertiary/aromatic N) is 1. The number of H-pyrrole nitrogens is 1. The molecule has 4 rings (SSSR count). The highest BCUT2D eigenvalue weighted by molar-refractivity contribution is 6.21. The van der Waals surface area contributed by atoms with Crippen LogP contribution in [-0.2, 0) is 11.2 Å². The van der Waals surface area contributed by atoms with Gasteiger partial charge in [-0.25, -0.2) is 0 Å². The molecule has 3 heterocycles. The topological polar surface area (TPSA) is 88.3 Å². The predicted octanol–water partition coefficient (Wildman–Crippen LogP) is 2.96. The second-order valence-electron chi connectivity index (χ2n) is 7.21. The summed E-state index contributed by atoms with van der Waals surface area (Å²) in [6, 6.07) is 1.90. The van der Waals surface area contributed by atoms with E-state index >= 15 is 0 Å². The van der Waals surface area contributed by atoms with Crippen molar-refractivity contribution in [3.8, 4) is 17.0 Å². The van der Waals surface area contributed by atoms with Crippen LogP contribution in [0.4, 0.5) is 5.69 Å². The highest BCUT2D eigenvalue weighted by Gasteiger charge is 2.35. The first kappa shape index (κ1) is 19.1. The Morgan fingerprint density at radius 3 is 2.96 bits per heavy atom. The van der Waals surface area contributed by atoms with Gasteiger partial charge in [-0.3, -0.25) is 9.78 Å². The van der Waals surface area contributed by atoms with Crippen LogP contribution in [0.3, 0.4) is 0 Å². The largest absolute Gasteiger partial charge is 0.494 e. The Labute approximate surface area is 169 Å². The summed E-state index contributed by atoms with van der Waals surface area (Å²) in [4.78, 5) is 20.3. The predicted molar refractivity (Wildman–Crippen MR) is 108 cm³/mol. The molecule has 1 aliphatic heterocycles. The summed E-state index contributed by atoms with van der Waals surface area (Å²) in [5.74, 6) is 0.568. The Kier molecular flexibility index (Phi) is 5.46. The molecule has 3 atom stereocenters. The summed E-state index contributed by atoms with van der Waals surface area (Å²) in [5.41, 5.74) is 4.04. The van der Waals surface area contributed by atoms with Crippen molar-refractivity contribution < 1.29 is 14.3 Å². The van der Waals surface area contributed by atoms with E-state index in [0.717, 1.165) is 48.3 Å². The summed E-state index contributed by atoms with van der Waals surface area (Å²) < 4.78 is 11.2. The minimum absolute atomic E-state index is 0.0162. The average Bonchev–Trinajstić information content (AvgIpc) is 3.07. The molecule has 1 amide bonds. The Bertz CT molecular complexity index is 869. The number of hydrogen-bond donors (Lipinski definition) is 3. The molecule has 28 heavy (non-hydrogen) atoms. The molecule has 2 aliphatic rings. The van der Waals surface area contributed by atoms with E-state index in [0.29, 0.717) is 17.9 Å². The number of carbonyl (C=O) groups excluding carboxylic acids is 1. The van der Waals surface area contributed by atoms with Crippen molar-refractivity contribution in [1.29, 1.82) is 0 Å². The van der Waals surface area contributed by atoms with Crippen LogP contribution < -0.4 is 15.4 Å². The summed E-state index contributed by atoms with van der Waals surface area (Å²) >= 11 is 6.51. The number of carbonyl (C=O) groups is 1. The van der Waals surface area contributed by atoms with Crippen molar-refractivity contribution >= 4 is 23.2 Å². The van der Waals surface area contributed by atoms with Crippen LogP contribution in [0, 0.1) is 0 Å². The zero-order valence-corrected chi connectivity index (χ0v) is 16.8. The van der Waals surface area contributed by atoms with E-state index in [1.165, 1.54) is 0 Å². The number of halogens is 1. The quantitative estimate of drug-likeness (QED) is 0.667. The third-order valence-corrected chi connectivity index (χ3v) is 6.06. The smallest absolute Gasteiger partial charge is 0.255 e. The first-order valence-electron chi connectivity index (χ1n) is 9.58. The zero-order chi connectivity index (χ0) is 19.7. The molecule has 2 aromatic rings. The molecule has 0 aromatic carbocycles. The van der Waals surface area contributed by atoms with Gasteiger partial charge < -0.3 is 25.1 Å². The lowest BCUT2D eigenvalue weighted by molar-refractivity contribution is 0.0640. The first-order valence-corrected chi connectivity index (χ1v) is 10.0. The highest BCUT2D eigenvalue weighted by Crippen LogP contribution is 2.40. The molecule has 1 saturated carbocycles. The van der Waals surface area contributed by atoms with Crippen molar-refractivity contribution in [2.24, 2.45) is 0 Å². The van der Waals surface area contributed by atoms with Crippen LogP contribution in [0.1, 0.15) is 35.3 Å². The molecule has 0 radical (unpaired) electrons.